The topological polar surface area (TPSA) is 90.8 Å². The monoisotopic (exact) mass is 311 g/mol. The number of amides is 2. The number of phenols is 1. The van der Waals surface area contributed by atoms with Crippen molar-refractivity contribution in [2.24, 2.45) is 5.10 Å². The van der Waals surface area contributed by atoms with Crippen LogP contribution in [0.2, 0.25) is 0 Å². The van der Waals surface area contributed by atoms with Crippen LogP contribution in [-0.4, -0.2) is 23.1 Å². The average Bonchev–Trinajstić information content (AvgIpc) is 2.57. The molecule has 6 nitrogen and oxygen atoms in total. The van der Waals surface area contributed by atoms with Crippen molar-refractivity contribution < 1.29 is 14.7 Å². The minimum absolute atomic E-state index is 0.0827. The SMILES string of the molecule is CCC(=O)Nc1ccc(C(=O)N/N=C/c2ccc(O)cc2)cc1. The number of phenolic OH excluding ortho intramolecular Hbond substituents is 1. The molecule has 118 valence electrons. The highest BCUT2D eigenvalue weighted by Crippen LogP contribution is 2.10. The van der Waals surface area contributed by atoms with Gasteiger partial charge in [0.2, 0.25) is 5.91 Å². The Kier molecular flexibility index (Phi) is 5.46. The van der Waals surface area contributed by atoms with Crippen molar-refractivity contribution >= 4 is 23.7 Å². The lowest BCUT2D eigenvalue weighted by Gasteiger charge is -2.04. The van der Waals surface area contributed by atoms with Gasteiger partial charge in [0, 0.05) is 17.7 Å². The van der Waals surface area contributed by atoms with Gasteiger partial charge in [-0.15, -0.1) is 0 Å². The van der Waals surface area contributed by atoms with Gasteiger partial charge in [-0.1, -0.05) is 6.92 Å². The van der Waals surface area contributed by atoms with E-state index in [-0.39, 0.29) is 17.6 Å². The fraction of sp³-hybridized carbons (Fsp3) is 0.118. The molecule has 2 rings (SSSR count). The van der Waals surface area contributed by atoms with E-state index in [1.54, 1.807) is 43.3 Å². The molecule has 0 heterocycles. The quantitative estimate of drug-likeness (QED) is 0.585. The average molecular weight is 311 g/mol. The van der Waals surface area contributed by atoms with E-state index in [4.69, 9.17) is 0 Å². The molecule has 0 aliphatic rings. The number of rotatable bonds is 5. The number of hydrogen-bond acceptors (Lipinski definition) is 4. The molecule has 0 radical (unpaired) electrons. The molecule has 0 aliphatic carbocycles. The second-order valence-corrected chi connectivity index (χ2v) is 4.77. The molecule has 0 bridgehead atoms. The fourth-order valence-electron chi connectivity index (χ4n) is 1.74. The molecule has 23 heavy (non-hydrogen) atoms. The van der Waals surface area contributed by atoms with Crippen molar-refractivity contribution in [1.29, 1.82) is 0 Å². The highest BCUT2D eigenvalue weighted by Gasteiger charge is 2.05. The first kappa shape index (κ1) is 16.2. The zero-order chi connectivity index (χ0) is 16.7. The molecule has 3 N–H and O–H groups in total. The molecule has 2 amide bonds. The molecule has 2 aromatic rings. The summed E-state index contributed by atoms with van der Waals surface area (Å²) in [5, 5.41) is 15.7. The first-order valence-electron chi connectivity index (χ1n) is 7.11. The van der Waals surface area contributed by atoms with Crippen LogP contribution < -0.4 is 10.7 Å². The Morgan fingerprint density at radius 2 is 1.74 bits per heavy atom. The standard InChI is InChI=1S/C17H17N3O3/c1-2-16(22)19-14-7-5-13(6-8-14)17(23)20-18-11-12-3-9-15(21)10-4-12/h3-11,21H,2H2,1H3,(H,19,22)(H,20,23)/b18-11+. The maximum atomic E-state index is 11.9. The third-order valence-electron chi connectivity index (χ3n) is 3.02. The Morgan fingerprint density at radius 3 is 2.35 bits per heavy atom. The predicted octanol–water partition coefficient (Wildman–Crippen LogP) is 2.50. The van der Waals surface area contributed by atoms with Gasteiger partial charge in [-0.3, -0.25) is 9.59 Å². The van der Waals surface area contributed by atoms with E-state index in [0.717, 1.165) is 5.56 Å². The van der Waals surface area contributed by atoms with Gasteiger partial charge < -0.3 is 10.4 Å². The summed E-state index contributed by atoms with van der Waals surface area (Å²) < 4.78 is 0. The fourth-order valence-corrected chi connectivity index (χ4v) is 1.74. The predicted molar refractivity (Wildman–Crippen MR) is 88.5 cm³/mol. The Hall–Kier alpha value is -3.15. The molecule has 0 atom stereocenters. The van der Waals surface area contributed by atoms with Crippen molar-refractivity contribution in [2.75, 3.05) is 5.32 Å². The van der Waals surface area contributed by atoms with Crippen molar-refractivity contribution in [2.45, 2.75) is 13.3 Å². The Morgan fingerprint density at radius 1 is 1.09 bits per heavy atom. The molecule has 0 saturated heterocycles. The maximum Gasteiger partial charge on any atom is 0.271 e. The van der Waals surface area contributed by atoms with Crippen LogP contribution in [-0.2, 0) is 4.79 Å². The summed E-state index contributed by atoms with van der Waals surface area (Å²) in [5.74, 6) is -0.268. The van der Waals surface area contributed by atoms with Crippen molar-refractivity contribution in [3.8, 4) is 5.75 Å². The Labute approximate surface area is 133 Å². The molecular weight excluding hydrogens is 294 g/mol. The molecule has 0 aliphatic heterocycles. The lowest BCUT2D eigenvalue weighted by molar-refractivity contribution is -0.115. The summed E-state index contributed by atoms with van der Waals surface area (Å²) in [4.78, 5) is 23.2. The van der Waals surface area contributed by atoms with Crippen molar-refractivity contribution in [3.05, 3.63) is 59.7 Å². The number of carbonyl (C=O) groups excluding carboxylic acids is 2. The zero-order valence-electron chi connectivity index (χ0n) is 12.6. The van der Waals surface area contributed by atoms with Crippen LogP contribution in [0.15, 0.2) is 53.6 Å². The second kappa shape index (κ2) is 7.74. The van der Waals surface area contributed by atoms with Crippen LogP contribution in [0, 0.1) is 0 Å². The van der Waals surface area contributed by atoms with Gasteiger partial charge in [-0.05, 0) is 54.1 Å². The van der Waals surface area contributed by atoms with E-state index in [1.807, 2.05) is 0 Å². The van der Waals surface area contributed by atoms with Crippen LogP contribution in [0.4, 0.5) is 5.69 Å². The third kappa shape index (κ3) is 4.96. The number of benzene rings is 2. The zero-order valence-corrected chi connectivity index (χ0v) is 12.6. The largest absolute Gasteiger partial charge is 0.508 e. The van der Waals surface area contributed by atoms with Crippen molar-refractivity contribution in [1.82, 2.24) is 5.43 Å². The summed E-state index contributed by atoms with van der Waals surface area (Å²) in [6.07, 6.45) is 1.88. The molecule has 0 fully saturated rings. The van der Waals surface area contributed by atoms with Crippen LogP contribution in [0.1, 0.15) is 29.3 Å². The van der Waals surface area contributed by atoms with E-state index in [9.17, 15) is 14.7 Å². The number of hydrogen-bond donors (Lipinski definition) is 3. The summed E-state index contributed by atoms with van der Waals surface area (Å²) in [6.45, 7) is 1.77. The molecule has 6 heteroatoms. The smallest absolute Gasteiger partial charge is 0.271 e. The van der Waals surface area contributed by atoms with Gasteiger partial charge in [-0.2, -0.15) is 5.10 Å². The van der Waals surface area contributed by atoms with Gasteiger partial charge in [0.15, 0.2) is 0 Å². The maximum absolute atomic E-state index is 11.9. The molecule has 0 aromatic heterocycles. The third-order valence-corrected chi connectivity index (χ3v) is 3.02. The number of anilines is 1. The molecular formula is C17H17N3O3. The summed E-state index contributed by atoms with van der Waals surface area (Å²) in [7, 11) is 0. The van der Waals surface area contributed by atoms with Gasteiger partial charge in [0.05, 0.1) is 6.21 Å². The molecule has 0 spiro atoms. The normalized spacial score (nSPS) is 10.5. The van der Waals surface area contributed by atoms with E-state index < -0.39 is 0 Å². The van der Waals surface area contributed by atoms with Crippen LogP contribution in [0.5, 0.6) is 5.75 Å². The summed E-state index contributed by atoms with van der Waals surface area (Å²) in [5.41, 5.74) is 4.24. The van der Waals surface area contributed by atoms with Crippen LogP contribution in [0.3, 0.4) is 0 Å². The minimum atomic E-state index is -0.353. The Bertz CT molecular complexity index is 707. The Balaban J connectivity index is 1.92. The van der Waals surface area contributed by atoms with Crippen LogP contribution in [0.25, 0.3) is 0 Å². The second-order valence-electron chi connectivity index (χ2n) is 4.77. The lowest BCUT2D eigenvalue weighted by atomic mass is 10.2. The highest BCUT2D eigenvalue weighted by atomic mass is 16.3. The number of hydrazone groups is 1. The molecule has 2 aromatic carbocycles. The molecule has 0 unspecified atom stereocenters. The van der Waals surface area contributed by atoms with Gasteiger partial charge in [-0.25, -0.2) is 5.43 Å². The number of carbonyl (C=O) groups is 2. The first-order chi connectivity index (χ1) is 11.1. The summed E-state index contributed by atoms with van der Waals surface area (Å²) >= 11 is 0. The van der Waals surface area contributed by atoms with E-state index in [2.05, 4.69) is 15.8 Å². The lowest BCUT2D eigenvalue weighted by Crippen LogP contribution is -2.17. The summed E-state index contributed by atoms with van der Waals surface area (Å²) in [6, 6.07) is 13.0. The van der Waals surface area contributed by atoms with Gasteiger partial charge in [0.1, 0.15) is 5.75 Å². The van der Waals surface area contributed by atoms with Gasteiger partial charge in [0.25, 0.3) is 5.91 Å². The van der Waals surface area contributed by atoms with E-state index >= 15 is 0 Å². The van der Waals surface area contributed by atoms with E-state index in [0.29, 0.717) is 17.7 Å². The minimum Gasteiger partial charge on any atom is -0.508 e. The highest BCUT2D eigenvalue weighted by molar-refractivity contribution is 5.96. The first-order valence-corrected chi connectivity index (χ1v) is 7.11. The molecule has 0 saturated carbocycles. The number of nitrogens with zero attached hydrogens (tertiary/aromatic N) is 1. The van der Waals surface area contributed by atoms with E-state index in [1.165, 1.54) is 18.3 Å². The van der Waals surface area contributed by atoms with Crippen molar-refractivity contribution in [3.63, 3.8) is 0 Å². The number of aromatic hydroxyl groups is 1. The number of nitrogens with one attached hydrogen (secondary N) is 2. The van der Waals surface area contributed by atoms with Crippen LogP contribution >= 0.6 is 0 Å². The van der Waals surface area contributed by atoms with Gasteiger partial charge >= 0.3 is 0 Å².